The molecule has 0 radical (unpaired) electrons. The van der Waals surface area contributed by atoms with Crippen LogP contribution in [0.1, 0.15) is 31.9 Å². The Morgan fingerprint density at radius 3 is 2.00 bits per heavy atom. The van der Waals surface area contributed by atoms with Crippen molar-refractivity contribution in [3.05, 3.63) is 82.9 Å². The highest BCUT2D eigenvalue weighted by atomic mass is 31.2. The molecule has 3 rings (SSSR count). The Bertz CT molecular complexity index is 1050. The zero-order valence-electron chi connectivity index (χ0n) is 21.7. The molecule has 1 aliphatic heterocycles. The highest BCUT2D eigenvalue weighted by Gasteiger charge is 2.49. The van der Waals surface area contributed by atoms with E-state index in [9.17, 15) is 9.36 Å². The number of carbonyl (C=O) groups excluding carboxylic acids is 1. The van der Waals surface area contributed by atoms with Crippen LogP contribution in [0.4, 0.5) is 0 Å². The molecule has 0 saturated heterocycles. The Hall–Kier alpha value is -2.36. The summed E-state index contributed by atoms with van der Waals surface area (Å²) in [5.74, 6) is -0.638. The molecule has 0 unspecified atom stereocenters. The molecule has 0 aromatic heterocycles. The van der Waals surface area contributed by atoms with Gasteiger partial charge >= 0.3 is 13.6 Å². The second-order valence-corrected chi connectivity index (χ2v) is 10.1. The Balaban J connectivity index is 2.00. The van der Waals surface area contributed by atoms with E-state index in [1.54, 1.807) is 13.8 Å². The number of carbonyl (C=O) groups is 1. The molecule has 10 heteroatoms. The van der Waals surface area contributed by atoms with Crippen LogP contribution >= 0.6 is 7.60 Å². The Kier molecular flexibility index (Phi) is 11.5. The van der Waals surface area contributed by atoms with E-state index >= 15 is 0 Å². The molecule has 3 atom stereocenters. The van der Waals surface area contributed by atoms with Gasteiger partial charge in [0.25, 0.3) is 0 Å². The molecular formula is C27H35O9P. The van der Waals surface area contributed by atoms with Crippen LogP contribution in [0.25, 0.3) is 0 Å². The van der Waals surface area contributed by atoms with Gasteiger partial charge in [-0.15, -0.1) is 0 Å². The summed E-state index contributed by atoms with van der Waals surface area (Å²) in [4.78, 5) is 12.2. The second kappa shape index (κ2) is 14.5. The number of hydrogen-bond acceptors (Lipinski definition) is 9. The first-order chi connectivity index (χ1) is 17.9. The first-order valence-corrected chi connectivity index (χ1v) is 13.7. The van der Waals surface area contributed by atoms with Crippen molar-refractivity contribution in [3.8, 4) is 0 Å². The number of benzene rings is 2. The van der Waals surface area contributed by atoms with E-state index in [0.717, 1.165) is 11.1 Å². The highest BCUT2D eigenvalue weighted by molar-refractivity contribution is 7.58. The van der Waals surface area contributed by atoms with Crippen molar-refractivity contribution in [1.29, 1.82) is 0 Å². The summed E-state index contributed by atoms with van der Waals surface area (Å²) in [6.45, 7) is 5.39. The van der Waals surface area contributed by atoms with Gasteiger partial charge in [-0.2, -0.15) is 0 Å². The molecule has 0 spiro atoms. The number of ether oxygens (including phenoxy) is 5. The second-order valence-electron chi connectivity index (χ2n) is 8.14. The lowest BCUT2D eigenvalue weighted by molar-refractivity contribution is -0.203. The number of hydrogen-bond donors (Lipinski definition) is 0. The first kappa shape index (κ1) is 29.2. The van der Waals surface area contributed by atoms with Gasteiger partial charge in [0, 0.05) is 14.0 Å². The monoisotopic (exact) mass is 534 g/mol. The average molecular weight is 535 g/mol. The van der Waals surface area contributed by atoms with Crippen molar-refractivity contribution in [3.63, 3.8) is 0 Å². The molecule has 1 heterocycles. The molecule has 0 amide bonds. The normalized spacial score (nSPS) is 20.2. The molecule has 0 saturated carbocycles. The minimum atomic E-state index is -3.98. The zero-order chi connectivity index (χ0) is 26.7. The fourth-order valence-electron chi connectivity index (χ4n) is 3.88. The predicted molar refractivity (Wildman–Crippen MR) is 136 cm³/mol. The van der Waals surface area contributed by atoms with Gasteiger partial charge in [0.15, 0.2) is 12.0 Å². The smallest absolute Gasteiger partial charge is 0.365 e. The van der Waals surface area contributed by atoms with Crippen molar-refractivity contribution < 1.29 is 42.1 Å². The fraction of sp³-hybridized carbons (Fsp3) is 0.444. The third-order valence-electron chi connectivity index (χ3n) is 5.40. The zero-order valence-corrected chi connectivity index (χ0v) is 22.6. The number of methoxy groups -OCH3 is 1. The Morgan fingerprint density at radius 1 is 0.919 bits per heavy atom. The van der Waals surface area contributed by atoms with Gasteiger partial charge in [-0.05, 0) is 25.0 Å². The van der Waals surface area contributed by atoms with Crippen molar-refractivity contribution in [2.45, 2.75) is 52.5 Å². The quantitative estimate of drug-likeness (QED) is 0.239. The van der Waals surface area contributed by atoms with E-state index in [1.807, 2.05) is 60.7 Å². The van der Waals surface area contributed by atoms with E-state index in [-0.39, 0.29) is 37.5 Å². The molecule has 0 fully saturated rings. The largest absolute Gasteiger partial charge is 0.427 e. The van der Waals surface area contributed by atoms with Crippen LogP contribution in [0.3, 0.4) is 0 Å². The van der Waals surface area contributed by atoms with Crippen LogP contribution in [0.2, 0.25) is 0 Å². The van der Waals surface area contributed by atoms with Gasteiger partial charge < -0.3 is 32.7 Å². The topological polar surface area (TPSA) is 98.8 Å². The average Bonchev–Trinajstić information content (AvgIpc) is 2.89. The summed E-state index contributed by atoms with van der Waals surface area (Å²) >= 11 is 0. The van der Waals surface area contributed by atoms with E-state index in [0.29, 0.717) is 6.61 Å². The molecule has 0 bridgehead atoms. The molecule has 0 N–H and O–H groups in total. The summed E-state index contributed by atoms with van der Waals surface area (Å²) in [6.07, 6.45) is -2.90. The van der Waals surface area contributed by atoms with Gasteiger partial charge in [0.05, 0.1) is 33.0 Å². The van der Waals surface area contributed by atoms with Gasteiger partial charge in [-0.25, -0.2) is 0 Å². The maximum Gasteiger partial charge on any atom is 0.365 e. The van der Waals surface area contributed by atoms with Crippen LogP contribution in [-0.2, 0) is 55.3 Å². The summed E-state index contributed by atoms with van der Waals surface area (Å²) in [5.41, 5.74) is 1.87. The fourth-order valence-corrected chi connectivity index (χ4v) is 5.77. The third-order valence-corrected chi connectivity index (χ3v) is 7.61. The summed E-state index contributed by atoms with van der Waals surface area (Å²) in [5, 5.41) is -0.0359. The number of rotatable bonds is 14. The minimum Gasteiger partial charge on any atom is -0.427 e. The van der Waals surface area contributed by atoms with Crippen LogP contribution in [-0.4, -0.2) is 51.4 Å². The van der Waals surface area contributed by atoms with Crippen LogP contribution in [0, 0.1) is 0 Å². The predicted octanol–water partition coefficient (Wildman–Crippen LogP) is 5.20. The van der Waals surface area contributed by atoms with Crippen LogP contribution in [0.5, 0.6) is 0 Å². The molecular weight excluding hydrogens is 499 g/mol. The van der Waals surface area contributed by atoms with E-state index < -0.39 is 32.1 Å². The highest BCUT2D eigenvalue weighted by Crippen LogP contribution is 2.61. The SMILES string of the molecule is CCOP(=O)(OCC)C1=C(OC(C)=O)[C@@H](OCc2ccccc2)[C@@H](COCc2ccccc2)O[C@@H]1OC. The molecule has 0 aliphatic carbocycles. The van der Waals surface area contributed by atoms with Gasteiger partial charge in [0.1, 0.15) is 17.5 Å². The maximum absolute atomic E-state index is 13.9. The molecule has 37 heavy (non-hydrogen) atoms. The summed E-state index contributed by atoms with van der Waals surface area (Å²) in [7, 11) is -2.59. The van der Waals surface area contributed by atoms with Crippen LogP contribution in [0.15, 0.2) is 71.7 Å². The van der Waals surface area contributed by atoms with E-state index in [2.05, 4.69) is 0 Å². The Morgan fingerprint density at radius 2 is 1.49 bits per heavy atom. The van der Waals surface area contributed by atoms with E-state index in [4.69, 9.17) is 32.7 Å². The first-order valence-electron chi connectivity index (χ1n) is 12.2. The lowest BCUT2D eigenvalue weighted by Gasteiger charge is -2.39. The summed E-state index contributed by atoms with van der Waals surface area (Å²) < 4.78 is 54.6. The van der Waals surface area contributed by atoms with Gasteiger partial charge in [-0.1, -0.05) is 60.7 Å². The van der Waals surface area contributed by atoms with Gasteiger partial charge in [0.2, 0.25) is 0 Å². The van der Waals surface area contributed by atoms with Crippen molar-refractivity contribution in [2.24, 2.45) is 0 Å². The van der Waals surface area contributed by atoms with Crippen LogP contribution < -0.4 is 0 Å². The van der Waals surface area contributed by atoms with Gasteiger partial charge in [-0.3, -0.25) is 9.36 Å². The number of esters is 1. The van der Waals surface area contributed by atoms with E-state index in [1.165, 1.54) is 14.0 Å². The molecule has 2 aromatic carbocycles. The van der Waals surface area contributed by atoms with Crippen molar-refractivity contribution in [2.75, 3.05) is 26.9 Å². The molecule has 1 aliphatic rings. The van der Waals surface area contributed by atoms with Crippen molar-refractivity contribution in [1.82, 2.24) is 0 Å². The molecule has 2 aromatic rings. The third kappa shape index (κ3) is 8.06. The lowest BCUT2D eigenvalue weighted by atomic mass is 10.1. The molecule has 9 nitrogen and oxygen atoms in total. The maximum atomic E-state index is 13.9. The minimum absolute atomic E-state index is 0.0138. The lowest BCUT2D eigenvalue weighted by Crippen LogP contribution is -2.47. The van der Waals surface area contributed by atoms with Crippen molar-refractivity contribution >= 4 is 13.6 Å². The summed E-state index contributed by atoms with van der Waals surface area (Å²) in [6, 6.07) is 19.2. The Labute approximate surface area is 218 Å². The molecule has 202 valence electrons. The standard InChI is InChI=1S/C27H35O9P/c1-5-33-37(29,34-6-2)26-25(35-20(3)28)24(32-18-22-15-11-8-12-16-22)23(36-27(26)30-4)19-31-17-21-13-9-7-10-14-21/h7-16,23-24,27H,5-6,17-19H2,1-4H3/t23-,24+,27+/m1/s1.